The van der Waals surface area contributed by atoms with E-state index in [0.717, 1.165) is 12.5 Å². The van der Waals surface area contributed by atoms with Crippen LogP contribution in [-0.2, 0) is 4.79 Å². The quantitative estimate of drug-likeness (QED) is 0.579. The molecule has 1 N–H and O–H groups in total. The summed E-state index contributed by atoms with van der Waals surface area (Å²) in [6, 6.07) is 2.36. The lowest BCUT2D eigenvalue weighted by atomic mass is 10.3. The average Bonchev–Trinajstić information content (AvgIpc) is 2.93. The smallest absolute Gasteiger partial charge is 0.395 e. The van der Waals surface area contributed by atoms with Gasteiger partial charge < -0.3 is 14.6 Å². The van der Waals surface area contributed by atoms with Crippen molar-refractivity contribution in [1.29, 1.82) is 0 Å². The molecule has 0 unspecified atom stereocenters. The maximum absolute atomic E-state index is 12.2. The second-order valence-electron chi connectivity index (χ2n) is 4.47. The van der Waals surface area contributed by atoms with Crippen molar-refractivity contribution >= 4 is 17.7 Å². The summed E-state index contributed by atoms with van der Waals surface area (Å²) in [7, 11) is 0. The molecule has 1 aromatic heterocycles. The molecule has 0 aromatic carbocycles. The topological polar surface area (TPSA) is 106 Å². The zero-order valence-corrected chi connectivity index (χ0v) is 12.1. The van der Waals surface area contributed by atoms with Crippen molar-refractivity contribution in [3.05, 3.63) is 28.0 Å². The zero-order chi connectivity index (χ0) is 15.8. The van der Waals surface area contributed by atoms with Gasteiger partial charge in [-0.25, -0.2) is 0 Å². The third-order valence-corrected chi connectivity index (χ3v) is 2.67. The molecule has 0 bridgehead atoms. The van der Waals surface area contributed by atoms with E-state index >= 15 is 0 Å². The molecule has 0 radical (unpaired) electrons. The zero-order valence-electron chi connectivity index (χ0n) is 12.1. The van der Waals surface area contributed by atoms with Gasteiger partial charge in [0.05, 0.1) is 12.6 Å². The van der Waals surface area contributed by atoms with Crippen LogP contribution < -0.4 is 5.32 Å². The Labute approximate surface area is 122 Å². The number of rotatable bonds is 8. The van der Waals surface area contributed by atoms with E-state index in [1.54, 1.807) is 0 Å². The van der Waals surface area contributed by atoms with Gasteiger partial charge in [0.1, 0.15) is 4.92 Å². The molecule has 0 aliphatic carbocycles. The van der Waals surface area contributed by atoms with Gasteiger partial charge in [-0.3, -0.25) is 19.7 Å². The van der Waals surface area contributed by atoms with Gasteiger partial charge in [-0.1, -0.05) is 13.8 Å². The molecular weight excluding hydrogens is 278 g/mol. The average molecular weight is 297 g/mol. The molecule has 0 fully saturated rings. The van der Waals surface area contributed by atoms with E-state index in [2.05, 4.69) is 5.32 Å². The van der Waals surface area contributed by atoms with Crippen LogP contribution in [0.2, 0.25) is 0 Å². The summed E-state index contributed by atoms with van der Waals surface area (Å²) in [6.07, 6.45) is 1.47. The second-order valence-corrected chi connectivity index (χ2v) is 4.47. The number of amides is 2. The van der Waals surface area contributed by atoms with Crippen molar-refractivity contribution in [3.63, 3.8) is 0 Å². The summed E-state index contributed by atoms with van der Waals surface area (Å²) < 4.78 is 4.87. The Morgan fingerprint density at radius 3 is 2.57 bits per heavy atom. The summed E-state index contributed by atoms with van der Waals surface area (Å²) >= 11 is 0. The Hall–Kier alpha value is -2.38. The fourth-order valence-electron chi connectivity index (χ4n) is 1.71. The number of nitrogens with zero attached hydrogens (tertiary/aromatic N) is 2. The van der Waals surface area contributed by atoms with Crippen molar-refractivity contribution in [1.82, 2.24) is 10.2 Å². The number of nitro groups is 1. The molecule has 0 aliphatic heterocycles. The standard InChI is InChI=1S/C13H19N3O5/c1-3-7-14-11(17)9-15(8-4-2)13(18)10-5-6-12(21-10)16(19)20/h5-6H,3-4,7-9H2,1-2H3,(H,14,17). The fourth-order valence-corrected chi connectivity index (χ4v) is 1.71. The van der Waals surface area contributed by atoms with Gasteiger partial charge in [0.2, 0.25) is 5.91 Å². The van der Waals surface area contributed by atoms with Crippen LogP contribution in [0.5, 0.6) is 0 Å². The summed E-state index contributed by atoms with van der Waals surface area (Å²) in [4.78, 5) is 35.1. The molecule has 116 valence electrons. The van der Waals surface area contributed by atoms with E-state index in [1.165, 1.54) is 11.0 Å². The molecule has 0 atom stereocenters. The lowest BCUT2D eigenvalue weighted by Gasteiger charge is -2.20. The summed E-state index contributed by atoms with van der Waals surface area (Å²) in [5.41, 5.74) is 0. The molecule has 8 heteroatoms. The number of carbonyl (C=O) groups is 2. The Kier molecular flexibility index (Phi) is 6.38. The normalized spacial score (nSPS) is 10.2. The number of hydrogen-bond donors (Lipinski definition) is 1. The van der Waals surface area contributed by atoms with Crippen molar-refractivity contribution in [2.75, 3.05) is 19.6 Å². The minimum absolute atomic E-state index is 0.0961. The van der Waals surface area contributed by atoms with Crippen LogP contribution in [0.3, 0.4) is 0 Å². The Morgan fingerprint density at radius 1 is 1.33 bits per heavy atom. The van der Waals surface area contributed by atoms with Crippen molar-refractivity contribution in [3.8, 4) is 0 Å². The molecule has 1 heterocycles. The van der Waals surface area contributed by atoms with Gasteiger partial charge in [0.25, 0.3) is 5.91 Å². The van der Waals surface area contributed by atoms with Gasteiger partial charge in [0, 0.05) is 13.1 Å². The fraction of sp³-hybridized carbons (Fsp3) is 0.538. The Bertz CT molecular complexity index is 512. The van der Waals surface area contributed by atoms with Gasteiger partial charge in [-0.15, -0.1) is 0 Å². The highest BCUT2D eigenvalue weighted by atomic mass is 16.6. The van der Waals surface area contributed by atoms with E-state index in [4.69, 9.17) is 4.42 Å². The SMILES string of the molecule is CCCNC(=O)CN(CCC)C(=O)c1ccc([N+](=O)[O-])o1. The Morgan fingerprint density at radius 2 is 2.05 bits per heavy atom. The highest BCUT2D eigenvalue weighted by molar-refractivity contribution is 5.94. The second kappa shape index (κ2) is 8.03. The maximum Gasteiger partial charge on any atom is 0.433 e. The lowest BCUT2D eigenvalue weighted by Crippen LogP contribution is -2.41. The highest BCUT2D eigenvalue weighted by Gasteiger charge is 2.23. The first-order chi connectivity index (χ1) is 9.99. The van der Waals surface area contributed by atoms with Crippen LogP contribution in [0, 0.1) is 10.1 Å². The predicted molar refractivity (Wildman–Crippen MR) is 74.9 cm³/mol. The van der Waals surface area contributed by atoms with E-state index in [1.807, 2.05) is 13.8 Å². The number of hydrogen-bond acceptors (Lipinski definition) is 5. The van der Waals surface area contributed by atoms with Crippen molar-refractivity contribution < 1.29 is 18.9 Å². The number of carbonyl (C=O) groups excluding carboxylic acids is 2. The monoisotopic (exact) mass is 297 g/mol. The van der Waals surface area contributed by atoms with Crippen LogP contribution in [-0.4, -0.2) is 41.3 Å². The van der Waals surface area contributed by atoms with E-state index in [-0.39, 0.29) is 18.2 Å². The number of furan rings is 1. The number of nitrogens with one attached hydrogen (secondary N) is 1. The first kappa shape index (κ1) is 16.7. The van der Waals surface area contributed by atoms with E-state index < -0.39 is 16.7 Å². The molecule has 21 heavy (non-hydrogen) atoms. The molecule has 1 rings (SSSR count). The van der Waals surface area contributed by atoms with Crippen LogP contribution in [0.1, 0.15) is 37.2 Å². The molecule has 0 saturated heterocycles. The van der Waals surface area contributed by atoms with Gasteiger partial charge >= 0.3 is 5.88 Å². The third kappa shape index (κ3) is 4.90. The molecule has 0 spiro atoms. The summed E-state index contributed by atoms with van der Waals surface area (Å²) in [5.74, 6) is -1.43. The van der Waals surface area contributed by atoms with Crippen LogP contribution in [0.4, 0.5) is 5.88 Å². The first-order valence-corrected chi connectivity index (χ1v) is 6.79. The maximum atomic E-state index is 12.2. The molecule has 8 nitrogen and oxygen atoms in total. The predicted octanol–water partition coefficient (Wildman–Crippen LogP) is 1.57. The molecule has 0 saturated carbocycles. The van der Waals surface area contributed by atoms with Crippen LogP contribution in [0.15, 0.2) is 16.5 Å². The van der Waals surface area contributed by atoms with Crippen molar-refractivity contribution in [2.24, 2.45) is 0 Å². The molecule has 0 aliphatic rings. The summed E-state index contributed by atoms with van der Waals surface area (Å²) in [5, 5.41) is 13.2. The van der Waals surface area contributed by atoms with E-state index in [0.29, 0.717) is 19.5 Å². The third-order valence-electron chi connectivity index (χ3n) is 2.67. The van der Waals surface area contributed by atoms with Crippen LogP contribution >= 0.6 is 0 Å². The molecular formula is C13H19N3O5. The van der Waals surface area contributed by atoms with Crippen molar-refractivity contribution in [2.45, 2.75) is 26.7 Å². The van der Waals surface area contributed by atoms with Crippen LogP contribution in [0.25, 0.3) is 0 Å². The minimum atomic E-state index is -0.713. The first-order valence-electron chi connectivity index (χ1n) is 6.79. The largest absolute Gasteiger partial charge is 0.433 e. The highest BCUT2D eigenvalue weighted by Crippen LogP contribution is 2.17. The molecule has 1 aromatic rings. The van der Waals surface area contributed by atoms with E-state index in [9.17, 15) is 19.7 Å². The summed E-state index contributed by atoms with van der Waals surface area (Å²) in [6.45, 7) is 4.61. The van der Waals surface area contributed by atoms with Gasteiger partial charge in [-0.2, -0.15) is 0 Å². The van der Waals surface area contributed by atoms with Gasteiger partial charge in [0.15, 0.2) is 5.76 Å². The Balaban J connectivity index is 2.76. The van der Waals surface area contributed by atoms with Gasteiger partial charge in [-0.05, 0) is 18.9 Å². The lowest BCUT2D eigenvalue weighted by molar-refractivity contribution is -0.402. The molecule has 2 amide bonds. The minimum Gasteiger partial charge on any atom is -0.395 e.